The summed E-state index contributed by atoms with van der Waals surface area (Å²) in [5.41, 5.74) is 0. The highest BCUT2D eigenvalue weighted by atomic mass is 127. The van der Waals surface area contributed by atoms with Gasteiger partial charge in [0, 0.05) is 43.4 Å². The minimum absolute atomic E-state index is 0. The van der Waals surface area contributed by atoms with Gasteiger partial charge >= 0.3 is 0 Å². The Kier molecular flexibility index (Phi) is 8.13. The van der Waals surface area contributed by atoms with E-state index in [0.29, 0.717) is 6.04 Å². The molecule has 2 saturated carbocycles. The van der Waals surface area contributed by atoms with E-state index in [1.807, 2.05) is 17.7 Å². The van der Waals surface area contributed by atoms with Crippen molar-refractivity contribution in [2.24, 2.45) is 16.8 Å². The monoisotopic (exact) mass is 514 g/mol. The number of aliphatic imine (C=N–C) groups is 1. The van der Waals surface area contributed by atoms with Gasteiger partial charge in [-0.1, -0.05) is 19.4 Å². The fourth-order valence-electron chi connectivity index (χ4n) is 4.52. The van der Waals surface area contributed by atoms with Crippen molar-refractivity contribution in [2.45, 2.75) is 58.0 Å². The van der Waals surface area contributed by atoms with Crippen molar-refractivity contribution in [3.05, 3.63) is 34.5 Å². The highest BCUT2D eigenvalue weighted by Crippen LogP contribution is 2.44. The summed E-state index contributed by atoms with van der Waals surface area (Å²) in [5, 5.41) is 17.6. The van der Waals surface area contributed by atoms with Gasteiger partial charge in [0.15, 0.2) is 5.96 Å². The molecule has 2 fully saturated rings. The third kappa shape index (κ3) is 5.46. The van der Waals surface area contributed by atoms with Gasteiger partial charge in [0.1, 0.15) is 12.2 Å². The van der Waals surface area contributed by atoms with Crippen molar-refractivity contribution in [3.63, 3.8) is 0 Å². The molecule has 2 aliphatic carbocycles. The Morgan fingerprint density at radius 2 is 2.29 bits per heavy atom. The second kappa shape index (κ2) is 10.6. The van der Waals surface area contributed by atoms with E-state index in [-0.39, 0.29) is 24.0 Å². The van der Waals surface area contributed by atoms with Gasteiger partial charge in [-0.15, -0.1) is 45.5 Å². The van der Waals surface area contributed by atoms with Crippen LogP contribution in [0.1, 0.15) is 43.3 Å². The quantitative estimate of drug-likeness (QED) is 0.322. The molecular formula is C20H31IN6S. The third-order valence-electron chi connectivity index (χ3n) is 5.93. The molecule has 2 aromatic rings. The summed E-state index contributed by atoms with van der Waals surface area (Å²) in [6.07, 6.45) is 9.25. The molecule has 2 aromatic heterocycles. The second-order valence-corrected chi connectivity index (χ2v) is 8.74. The number of rotatable bonds is 8. The molecule has 3 atom stereocenters. The zero-order valence-corrected chi connectivity index (χ0v) is 19.7. The summed E-state index contributed by atoms with van der Waals surface area (Å²) in [5.74, 6) is 3.78. The predicted molar refractivity (Wildman–Crippen MR) is 126 cm³/mol. The Morgan fingerprint density at radius 3 is 3.00 bits per heavy atom. The number of aromatic nitrogens is 3. The molecule has 0 saturated heterocycles. The van der Waals surface area contributed by atoms with E-state index >= 15 is 0 Å². The zero-order valence-electron chi connectivity index (χ0n) is 16.5. The van der Waals surface area contributed by atoms with Gasteiger partial charge in [0.2, 0.25) is 0 Å². The number of thiophene rings is 1. The van der Waals surface area contributed by atoms with E-state index in [4.69, 9.17) is 4.99 Å². The van der Waals surface area contributed by atoms with Crippen LogP contribution in [-0.2, 0) is 19.4 Å². The largest absolute Gasteiger partial charge is 0.355 e. The van der Waals surface area contributed by atoms with Crippen LogP contribution in [-0.4, -0.2) is 39.9 Å². The van der Waals surface area contributed by atoms with E-state index < -0.39 is 0 Å². The Bertz CT molecular complexity index is 744. The first kappa shape index (κ1) is 21.5. The Labute approximate surface area is 188 Å². The number of hydrogen-bond donors (Lipinski definition) is 2. The lowest BCUT2D eigenvalue weighted by molar-refractivity contribution is 0.387. The highest BCUT2D eigenvalue weighted by molar-refractivity contribution is 14.0. The van der Waals surface area contributed by atoms with Gasteiger partial charge in [-0.05, 0) is 42.5 Å². The molecule has 2 bridgehead atoms. The minimum atomic E-state index is 0. The standard InChI is InChI=1S/C20H30N6S.HI/c1-2-19-25-23-14-26(19)10-9-22-20(21-8-7-17-4-3-11-27-17)24-18-13-15-5-6-16(18)12-15;/h3-4,11,14-16,18H,2,5-10,12-13H2,1H3,(H2,21,22,24);1H. The van der Waals surface area contributed by atoms with Crippen LogP contribution in [0.4, 0.5) is 0 Å². The number of nitrogens with one attached hydrogen (secondary N) is 2. The summed E-state index contributed by atoms with van der Waals surface area (Å²) >= 11 is 1.81. The summed E-state index contributed by atoms with van der Waals surface area (Å²) in [6, 6.07) is 4.90. The molecule has 2 aliphatic rings. The van der Waals surface area contributed by atoms with Gasteiger partial charge in [-0.3, -0.25) is 4.99 Å². The lowest BCUT2D eigenvalue weighted by Crippen LogP contribution is -2.46. The summed E-state index contributed by atoms with van der Waals surface area (Å²) < 4.78 is 2.12. The maximum Gasteiger partial charge on any atom is 0.191 e. The Morgan fingerprint density at radius 1 is 1.36 bits per heavy atom. The van der Waals surface area contributed by atoms with Crippen LogP contribution in [0.25, 0.3) is 0 Å². The third-order valence-corrected chi connectivity index (χ3v) is 6.86. The van der Waals surface area contributed by atoms with Crippen LogP contribution >= 0.6 is 35.3 Å². The van der Waals surface area contributed by atoms with Gasteiger partial charge in [-0.2, -0.15) is 0 Å². The summed E-state index contributed by atoms with van der Waals surface area (Å²) in [6.45, 7) is 4.63. The first-order valence-electron chi connectivity index (χ1n) is 10.3. The van der Waals surface area contributed by atoms with E-state index in [2.05, 4.69) is 49.8 Å². The number of fused-ring (bicyclic) bond motifs is 2. The molecule has 8 heteroatoms. The molecule has 0 spiro atoms. The number of guanidine groups is 1. The maximum atomic E-state index is 4.87. The molecular weight excluding hydrogens is 483 g/mol. The Balaban J connectivity index is 0.00000225. The van der Waals surface area contributed by atoms with Crippen molar-refractivity contribution in [3.8, 4) is 0 Å². The van der Waals surface area contributed by atoms with Crippen molar-refractivity contribution in [2.75, 3.05) is 13.1 Å². The molecule has 0 aliphatic heterocycles. The SMILES string of the molecule is CCc1nncn1CCNC(=NCCc1cccs1)NC1CC2CCC1C2.I. The minimum Gasteiger partial charge on any atom is -0.355 e. The zero-order chi connectivity index (χ0) is 18.5. The normalized spacial score (nSPS) is 23.6. The number of aryl methyl sites for hydroxylation is 1. The molecule has 2 N–H and O–H groups in total. The maximum absolute atomic E-state index is 4.87. The van der Waals surface area contributed by atoms with Crippen LogP contribution in [0.5, 0.6) is 0 Å². The summed E-state index contributed by atoms with van der Waals surface area (Å²) in [4.78, 5) is 6.27. The topological polar surface area (TPSA) is 67.1 Å². The number of halogens is 1. The fourth-order valence-corrected chi connectivity index (χ4v) is 5.21. The lowest BCUT2D eigenvalue weighted by atomic mass is 9.95. The average Bonchev–Trinajstić information content (AvgIpc) is 3.46. The Hall–Kier alpha value is -1.16. The van der Waals surface area contributed by atoms with Crippen molar-refractivity contribution >= 4 is 41.3 Å². The molecule has 3 unspecified atom stereocenters. The molecule has 2 heterocycles. The predicted octanol–water partition coefficient (Wildman–Crippen LogP) is 3.49. The molecule has 0 aromatic carbocycles. The van der Waals surface area contributed by atoms with Crippen LogP contribution in [0.2, 0.25) is 0 Å². The van der Waals surface area contributed by atoms with E-state index in [1.165, 1.54) is 30.6 Å². The van der Waals surface area contributed by atoms with Gasteiger partial charge in [-0.25, -0.2) is 0 Å². The summed E-state index contributed by atoms with van der Waals surface area (Å²) in [7, 11) is 0. The van der Waals surface area contributed by atoms with Crippen LogP contribution < -0.4 is 10.6 Å². The highest BCUT2D eigenvalue weighted by Gasteiger charge is 2.39. The smallest absolute Gasteiger partial charge is 0.191 e. The first-order chi connectivity index (χ1) is 13.3. The van der Waals surface area contributed by atoms with Crippen LogP contribution in [0.3, 0.4) is 0 Å². The van der Waals surface area contributed by atoms with E-state index in [9.17, 15) is 0 Å². The van der Waals surface area contributed by atoms with Gasteiger partial charge in [0.25, 0.3) is 0 Å². The number of hydrogen-bond acceptors (Lipinski definition) is 4. The fraction of sp³-hybridized carbons (Fsp3) is 0.650. The average molecular weight is 514 g/mol. The van der Waals surface area contributed by atoms with Gasteiger partial charge in [0.05, 0.1) is 0 Å². The molecule has 28 heavy (non-hydrogen) atoms. The molecule has 6 nitrogen and oxygen atoms in total. The number of nitrogens with zero attached hydrogens (tertiary/aromatic N) is 4. The first-order valence-corrected chi connectivity index (χ1v) is 11.1. The van der Waals surface area contributed by atoms with Crippen molar-refractivity contribution < 1.29 is 0 Å². The molecule has 0 radical (unpaired) electrons. The lowest BCUT2D eigenvalue weighted by Gasteiger charge is -2.25. The van der Waals surface area contributed by atoms with E-state index in [1.54, 1.807) is 0 Å². The van der Waals surface area contributed by atoms with Crippen molar-refractivity contribution in [1.29, 1.82) is 0 Å². The molecule has 154 valence electrons. The van der Waals surface area contributed by atoms with Crippen LogP contribution in [0, 0.1) is 11.8 Å². The molecule has 4 rings (SSSR count). The van der Waals surface area contributed by atoms with Gasteiger partial charge < -0.3 is 15.2 Å². The van der Waals surface area contributed by atoms with Crippen molar-refractivity contribution in [1.82, 2.24) is 25.4 Å². The second-order valence-electron chi connectivity index (χ2n) is 7.71. The molecule has 0 amide bonds. The van der Waals surface area contributed by atoms with Crippen LogP contribution in [0.15, 0.2) is 28.8 Å². The van der Waals surface area contributed by atoms with E-state index in [0.717, 1.165) is 56.1 Å².